The van der Waals surface area contributed by atoms with Gasteiger partial charge >= 0.3 is 0 Å². The number of aromatic amines is 1. The minimum absolute atomic E-state index is 0.598. The lowest BCUT2D eigenvalue weighted by Gasteiger charge is -2.15. The third-order valence-electron chi connectivity index (χ3n) is 3.69. The summed E-state index contributed by atoms with van der Waals surface area (Å²) in [4.78, 5) is 8.10. The van der Waals surface area contributed by atoms with Crippen molar-refractivity contribution in [3.63, 3.8) is 0 Å². The standard InChI is InChI=1S/C15H24N2S/c1-11(2)9-13-10-14(18)17-15(16-13)12-7-5-3-4-6-8-12/h10-12H,3-9H2,1-2H3,(H,16,17,18). The van der Waals surface area contributed by atoms with Crippen LogP contribution in [0.5, 0.6) is 0 Å². The van der Waals surface area contributed by atoms with Gasteiger partial charge in [-0.15, -0.1) is 0 Å². The Morgan fingerprint density at radius 2 is 1.94 bits per heavy atom. The second-order valence-electron chi connectivity index (χ2n) is 5.92. The predicted octanol–water partition coefficient (Wildman–Crippen LogP) is 4.78. The van der Waals surface area contributed by atoms with Crippen molar-refractivity contribution in [1.29, 1.82) is 0 Å². The molecule has 100 valence electrons. The van der Waals surface area contributed by atoms with Crippen LogP contribution in [0.15, 0.2) is 6.07 Å². The van der Waals surface area contributed by atoms with Gasteiger partial charge in [-0.1, -0.05) is 51.7 Å². The van der Waals surface area contributed by atoms with Gasteiger partial charge in [-0.3, -0.25) is 0 Å². The topological polar surface area (TPSA) is 28.7 Å². The maximum Gasteiger partial charge on any atom is 0.129 e. The zero-order valence-electron chi connectivity index (χ0n) is 11.5. The summed E-state index contributed by atoms with van der Waals surface area (Å²) in [6, 6.07) is 2.02. The van der Waals surface area contributed by atoms with Crippen molar-refractivity contribution >= 4 is 12.2 Å². The maximum atomic E-state index is 5.31. The van der Waals surface area contributed by atoms with Gasteiger partial charge in [0.2, 0.25) is 0 Å². The molecular formula is C15H24N2S. The Hall–Kier alpha value is -0.700. The van der Waals surface area contributed by atoms with Crippen LogP contribution in [0.1, 0.15) is 69.8 Å². The summed E-state index contributed by atoms with van der Waals surface area (Å²) in [6.45, 7) is 4.48. The van der Waals surface area contributed by atoms with E-state index in [1.807, 2.05) is 6.07 Å². The first-order valence-electron chi connectivity index (χ1n) is 7.25. The van der Waals surface area contributed by atoms with Crippen molar-refractivity contribution in [1.82, 2.24) is 9.97 Å². The lowest BCUT2D eigenvalue weighted by atomic mass is 9.99. The number of nitrogens with one attached hydrogen (secondary N) is 1. The fourth-order valence-electron chi connectivity index (χ4n) is 2.82. The van der Waals surface area contributed by atoms with Crippen LogP contribution in [-0.2, 0) is 6.42 Å². The number of rotatable bonds is 3. The van der Waals surface area contributed by atoms with Crippen LogP contribution in [0.2, 0.25) is 0 Å². The van der Waals surface area contributed by atoms with Crippen LogP contribution < -0.4 is 0 Å². The molecule has 0 aromatic carbocycles. The summed E-state index contributed by atoms with van der Waals surface area (Å²) in [5.74, 6) is 2.39. The third kappa shape index (κ3) is 3.91. The summed E-state index contributed by atoms with van der Waals surface area (Å²) < 4.78 is 0.753. The SMILES string of the molecule is CC(C)Cc1cc(=S)nc(C2CCCCCC2)[nH]1. The molecule has 0 unspecified atom stereocenters. The van der Waals surface area contributed by atoms with Crippen LogP contribution in [0, 0.1) is 10.6 Å². The highest BCUT2D eigenvalue weighted by molar-refractivity contribution is 7.71. The maximum absolute atomic E-state index is 5.31. The van der Waals surface area contributed by atoms with E-state index in [1.165, 1.54) is 44.2 Å². The molecule has 0 bridgehead atoms. The molecule has 1 aliphatic rings. The smallest absolute Gasteiger partial charge is 0.129 e. The number of H-pyrrole nitrogens is 1. The molecule has 0 spiro atoms. The summed E-state index contributed by atoms with van der Waals surface area (Å²) >= 11 is 5.31. The van der Waals surface area contributed by atoms with Gasteiger partial charge in [0, 0.05) is 11.6 Å². The number of hydrogen-bond acceptors (Lipinski definition) is 2. The molecular weight excluding hydrogens is 240 g/mol. The molecule has 1 fully saturated rings. The van der Waals surface area contributed by atoms with Crippen LogP contribution in [0.4, 0.5) is 0 Å². The zero-order chi connectivity index (χ0) is 13.0. The van der Waals surface area contributed by atoms with Gasteiger partial charge in [0.1, 0.15) is 10.5 Å². The highest BCUT2D eigenvalue weighted by Crippen LogP contribution is 2.29. The Morgan fingerprint density at radius 1 is 1.28 bits per heavy atom. The van der Waals surface area contributed by atoms with Gasteiger partial charge < -0.3 is 4.98 Å². The van der Waals surface area contributed by atoms with Crippen molar-refractivity contribution in [3.05, 3.63) is 22.2 Å². The fourth-order valence-corrected chi connectivity index (χ4v) is 3.07. The van der Waals surface area contributed by atoms with E-state index in [0.29, 0.717) is 11.8 Å². The Bertz CT molecular complexity index is 428. The highest BCUT2D eigenvalue weighted by Gasteiger charge is 2.16. The van der Waals surface area contributed by atoms with E-state index in [9.17, 15) is 0 Å². The van der Waals surface area contributed by atoms with E-state index in [0.717, 1.165) is 16.9 Å². The van der Waals surface area contributed by atoms with E-state index >= 15 is 0 Å². The average Bonchev–Trinajstić information content (AvgIpc) is 2.55. The van der Waals surface area contributed by atoms with Gasteiger partial charge in [-0.25, -0.2) is 4.98 Å². The monoisotopic (exact) mass is 264 g/mol. The predicted molar refractivity (Wildman–Crippen MR) is 78.4 cm³/mol. The first kappa shape index (κ1) is 13.7. The number of aromatic nitrogens is 2. The molecule has 0 aliphatic heterocycles. The molecule has 1 saturated carbocycles. The number of nitrogens with zero attached hydrogens (tertiary/aromatic N) is 1. The summed E-state index contributed by atoms with van der Waals surface area (Å²) in [5, 5.41) is 0. The molecule has 3 heteroatoms. The molecule has 1 aromatic heterocycles. The van der Waals surface area contributed by atoms with Gasteiger partial charge in [-0.05, 0) is 31.2 Å². The quantitative estimate of drug-likeness (QED) is 0.629. The molecule has 0 atom stereocenters. The van der Waals surface area contributed by atoms with Gasteiger partial charge in [0.05, 0.1) is 0 Å². The molecule has 0 amide bonds. The van der Waals surface area contributed by atoms with Gasteiger partial charge in [0.25, 0.3) is 0 Å². The van der Waals surface area contributed by atoms with Crippen molar-refractivity contribution < 1.29 is 0 Å². The largest absolute Gasteiger partial charge is 0.347 e. The van der Waals surface area contributed by atoms with Crippen molar-refractivity contribution in [2.45, 2.75) is 64.7 Å². The van der Waals surface area contributed by atoms with Crippen molar-refractivity contribution in [2.75, 3.05) is 0 Å². The second-order valence-corrected chi connectivity index (χ2v) is 6.33. The first-order chi connectivity index (χ1) is 8.65. The number of hydrogen-bond donors (Lipinski definition) is 1. The highest BCUT2D eigenvalue weighted by atomic mass is 32.1. The Labute approximate surface area is 115 Å². The molecule has 2 rings (SSSR count). The van der Waals surface area contributed by atoms with E-state index in [4.69, 9.17) is 12.2 Å². The molecule has 1 heterocycles. The zero-order valence-corrected chi connectivity index (χ0v) is 12.4. The molecule has 2 nitrogen and oxygen atoms in total. The van der Waals surface area contributed by atoms with Crippen molar-refractivity contribution in [2.24, 2.45) is 5.92 Å². The van der Waals surface area contributed by atoms with Crippen LogP contribution in [-0.4, -0.2) is 9.97 Å². The molecule has 18 heavy (non-hydrogen) atoms. The average molecular weight is 264 g/mol. The van der Waals surface area contributed by atoms with E-state index in [-0.39, 0.29) is 0 Å². The van der Waals surface area contributed by atoms with Crippen LogP contribution in [0.3, 0.4) is 0 Å². The van der Waals surface area contributed by atoms with Gasteiger partial charge in [0.15, 0.2) is 0 Å². The molecule has 0 radical (unpaired) electrons. The normalized spacial score (nSPS) is 17.9. The summed E-state index contributed by atoms with van der Waals surface area (Å²) in [7, 11) is 0. The Balaban J connectivity index is 2.20. The molecule has 1 aliphatic carbocycles. The Kier molecular flexibility index (Phi) is 4.93. The van der Waals surface area contributed by atoms with Gasteiger partial charge in [-0.2, -0.15) is 0 Å². The van der Waals surface area contributed by atoms with Crippen LogP contribution >= 0.6 is 12.2 Å². The van der Waals surface area contributed by atoms with E-state index in [1.54, 1.807) is 0 Å². The lowest BCUT2D eigenvalue weighted by Crippen LogP contribution is -2.08. The minimum Gasteiger partial charge on any atom is -0.347 e. The molecule has 1 N–H and O–H groups in total. The van der Waals surface area contributed by atoms with Crippen molar-refractivity contribution in [3.8, 4) is 0 Å². The fraction of sp³-hybridized carbons (Fsp3) is 0.733. The van der Waals surface area contributed by atoms with E-state index < -0.39 is 0 Å². The Morgan fingerprint density at radius 3 is 2.56 bits per heavy atom. The minimum atomic E-state index is 0.598. The third-order valence-corrected chi connectivity index (χ3v) is 3.90. The van der Waals surface area contributed by atoms with E-state index in [2.05, 4.69) is 23.8 Å². The molecule has 1 aromatic rings. The molecule has 0 saturated heterocycles. The summed E-state index contributed by atoms with van der Waals surface area (Å²) in [6.07, 6.45) is 9.02. The second kappa shape index (κ2) is 6.46. The summed E-state index contributed by atoms with van der Waals surface area (Å²) in [5.41, 5.74) is 1.25. The lowest BCUT2D eigenvalue weighted by molar-refractivity contribution is 0.550. The van der Waals surface area contributed by atoms with Crippen LogP contribution in [0.25, 0.3) is 0 Å². The first-order valence-corrected chi connectivity index (χ1v) is 7.66.